The monoisotopic (exact) mass is 313 g/mol. The average Bonchev–Trinajstić information content (AvgIpc) is 2.45. The molecule has 0 aliphatic heterocycles. The van der Waals surface area contributed by atoms with Crippen LogP contribution in [0, 0.1) is 5.41 Å². The second-order valence-electron chi connectivity index (χ2n) is 5.91. The summed E-state index contributed by atoms with van der Waals surface area (Å²) in [6.45, 7) is 6.40. The van der Waals surface area contributed by atoms with E-state index in [1.165, 1.54) is 0 Å². The highest BCUT2D eigenvalue weighted by Crippen LogP contribution is 2.24. The maximum atomic E-state index is 11.9. The zero-order valence-electron chi connectivity index (χ0n) is 12.9. The number of aliphatic hydroxyl groups is 1. The van der Waals surface area contributed by atoms with Gasteiger partial charge in [0.2, 0.25) is 0 Å². The third-order valence-electron chi connectivity index (χ3n) is 3.27. The number of carbonyl (C=O) groups is 1. The van der Waals surface area contributed by atoms with Gasteiger partial charge in [0.25, 0.3) is 5.91 Å². The van der Waals surface area contributed by atoms with Crippen LogP contribution in [0.2, 0.25) is 5.02 Å². The molecular formula is C16H24ClNO3. The van der Waals surface area contributed by atoms with E-state index in [1.807, 2.05) is 26.0 Å². The second-order valence-corrected chi connectivity index (χ2v) is 6.31. The van der Waals surface area contributed by atoms with Crippen LogP contribution < -0.4 is 10.1 Å². The van der Waals surface area contributed by atoms with Crippen molar-refractivity contribution in [3.8, 4) is 5.75 Å². The van der Waals surface area contributed by atoms with E-state index in [9.17, 15) is 4.79 Å². The molecule has 1 aromatic rings. The summed E-state index contributed by atoms with van der Waals surface area (Å²) in [6, 6.07) is 7.07. The SMILES string of the molecule is CC(Oc1ccccc1Cl)C(=O)NCCCC(C)(C)CO. The first kappa shape index (κ1) is 17.8. The Kier molecular flexibility index (Phi) is 6.99. The quantitative estimate of drug-likeness (QED) is 0.725. The van der Waals surface area contributed by atoms with Gasteiger partial charge in [-0.15, -0.1) is 0 Å². The topological polar surface area (TPSA) is 58.6 Å². The molecule has 1 unspecified atom stereocenters. The molecule has 0 aliphatic rings. The number of hydrogen-bond acceptors (Lipinski definition) is 3. The molecule has 0 aromatic heterocycles. The molecule has 0 saturated heterocycles. The molecule has 0 heterocycles. The van der Waals surface area contributed by atoms with Crippen LogP contribution >= 0.6 is 11.6 Å². The molecule has 2 N–H and O–H groups in total. The van der Waals surface area contributed by atoms with E-state index in [0.29, 0.717) is 17.3 Å². The number of hydrogen-bond donors (Lipinski definition) is 2. The first-order valence-electron chi connectivity index (χ1n) is 7.15. The Morgan fingerprint density at radius 2 is 2.10 bits per heavy atom. The third kappa shape index (κ3) is 6.36. The number of halogens is 1. The maximum Gasteiger partial charge on any atom is 0.260 e. The van der Waals surface area contributed by atoms with E-state index >= 15 is 0 Å². The third-order valence-corrected chi connectivity index (χ3v) is 3.58. The number of benzene rings is 1. The van der Waals surface area contributed by atoms with E-state index in [-0.39, 0.29) is 17.9 Å². The summed E-state index contributed by atoms with van der Waals surface area (Å²) in [5, 5.41) is 12.5. The Morgan fingerprint density at radius 3 is 2.71 bits per heavy atom. The molecule has 0 saturated carbocycles. The predicted octanol–water partition coefficient (Wildman–Crippen LogP) is 3.02. The lowest BCUT2D eigenvalue weighted by Gasteiger charge is -2.21. The molecule has 0 radical (unpaired) electrons. The number of nitrogens with one attached hydrogen (secondary N) is 1. The summed E-state index contributed by atoms with van der Waals surface area (Å²) >= 11 is 5.99. The van der Waals surface area contributed by atoms with Crippen LogP contribution in [0.5, 0.6) is 5.75 Å². The molecule has 1 atom stereocenters. The standard InChI is InChI=1S/C16H24ClNO3/c1-12(21-14-8-5-4-7-13(14)17)15(20)18-10-6-9-16(2,3)11-19/h4-5,7-8,12,19H,6,9-11H2,1-3H3,(H,18,20). The Labute approximate surface area is 131 Å². The van der Waals surface area contributed by atoms with Gasteiger partial charge in [0.15, 0.2) is 6.10 Å². The zero-order chi connectivity index (χ0) is 15.9. The van der Waals surface area contributed by atoms with E-state index in [1.54, 1.807) is 19.1 Å². The number of aliphatic hydroxyl groups excluding tert-OH is 1. The minimum absolute atomic E-state index is 0.107. The fourth-order valence-electron chi connectivity index (χ4n) is 1.79. The minimum Gasteiger partial charge on any atom is -0.479 e. The van der Waals surface area contributed by atoms with Gasteiger partial charge in [-0.2, -0.15) is 0 Å². The largest absolute Gasteiger partial charge is 0.479 e. The second kappa shape index (κ2) is 8.25. The van der Waals surface area contributed by atoms with Crippen LogP contribution in [0.25, 0.3) is 0 Å². The Bertz CT molecular complexity index is 463. The highest BCUT2D eigenvalue weighted by Gasteiger charge is 2.18. The normalized spacial score (nSPS) is 12.8. The molecule has 5 heteroatoms. The number of rotatable bonds is 8. The van der Waals surface area contributed by atoms with E-state index in [0.717, 1.165) is 12.8 Å². The molecule has 21 heavy (non-hydrogen) atoms. The highest BCUT2D eigenvalue weighted by molar-refractivity contribution is 6.32. The van der Waals surface area contributed by atoms with Gasteiger partial charge in [-0.3, -0.25) is 4.79 Å². The van der Waals surface area contributed by atoms with Crippen LogP contribution in [-0.4, -0.2) is 30.3 Å². The summed E-state index contributed by atoms with van der Waals surface area (Å²) in [5.41, 5.74) is -0.107. The molecule has 1 rings (SSSR count). The lowest BCUT2D eigenvalue weighted by Crippen LogP contribution is -2.37. The first-order chi connectivity index (χ1) is 9.85. The summed E-state index contributed by atoms with van der Waals surface area (Å²) in [4.78, 5) is 11.9. The van der Waals surface area contributed by atoms with Crippen molar-refractivity contribution in [2.75, 3.05) is 13.2 Å². The van der Waals surface area contributed by atoms with Gasteiger partial charge >= 0.3 is 0 Å². The molecular weight excluding hydrogens is 290 g/mol. The number of para-hydroxylation sites is 1. The van der Waals surface area contributed by atoms with Crippen LogP contribution in [-0.2, 0) is 4.79 Å². The van der Waals surface area contributed by atoms with Crippen LogP contribution in [0.3, 0.4) is 0 Å². The van der Waals surface area contributed by atoms with E-state index in [2.05, 4.69) is 5.32 Å². The smallest absolute Gasteiger partial charge is 0.260 e. The van der Waals surface area contributed by atoms with Crippen LogP contribution in [0.15, 0.2) is 24.3 Å². The summed E-state index contributed by atoms with van der Waals surface area (Å²) in [7, 11) is 0. The van der Waals surface area contributed by atoms with Gasteiger partial charge in [-0.05, 0) is 37.3 Å². The zero-order valence-corrected chi connectivity index (χ0v) is 13.6. The van der Waals surface area contributed by atoms with Crippen molar-refractivity contribution < 1.29 is 14.6 Å². The van der Waals surface area contributed by atoms with Gasteiger partial charge < -0.3 is 15.2 Å². The van der Waals surface area contributed by atoms with Crippen molar-refractivity contribution in [2.24, 2.45) is 5.41 Å². The number of ether oxygens (including phenoxy) is 1. The summed E-state index contributed by atoms with van der Waals surface area (Å²) < 4.78 is 5.54. The van der Waals surface area contributed by atoms with Crippen molar-refractivity contribution in [2.45, 2.75) is 39.7 Å². The lowest BCUT2D eigenvalue weighted by molar-refractivity contribution is -0.127. The van der Waals surface area contributed by atoms with Crippen molar-refractivity contribution in [1.82, 2.24) is 5.32 Å². The summed E-state index contributed by atoms with van der Waals surface area (Å²) in [5.74, 6) is 0.333. The van der Waals surface area contributed by atoms with Gasteiger partial charge in [-0.25, -0.2) is 0 Å². The van der Waals surface area contributed by atoms with Crippen LogP contribution in [0.4, 0.5) is 0 Å². The molecule has 0 bridgehead atoms. The molecule has 118 valence electrons. The maximum absolute atomic E-state index is 11.9. The molecule has 0 fully saturated rings. The van der Waals surface area contributed by atoms with Gasteiger partial charge in [0, 0.05) is 13.2 Å². The molecule has 1 amide bonds. The fourth-order valence-corrected chi connectivity index (χ4v) is 1.97. The Hall–Kier alpha value is -1.26. The fraction of sp³-hybridized carbons (Fsp3) is 0.562. The molecule has 1 aromatic carbocycles. The van der Waals surface area contributed by atoms with Crippen molar-refractivity contribution in [3.05, 3.63) is 29.3 Å². The average molecular weight is 314 g/mol. The highest BCUT2D eigenvalue weighted by atomic mass is 35.5. The number of amides is 1. The number of carbonyl (C=O) groups excluding carboxylic acids is 1. The van der Waals surface area contributed by atoms with Gasteiger partial charge in [-0.1, -0.05) is 37.6 Å². The minimum atomic E-state index is -0.601. The predicted molar refractivity (Wildman–Crippen MR) is 84.7 cm³/mol. The first-order valence-corrected chi connectivity index (χ1v) is 7.53. The van der Waals surface area contributed by atoms with Crippen LogP contribution in [0.1, 0.15) is 33.6 Å². The van der Waals surface area contributed by atoms with Crippen molar-refractivity contribution in [3.63, 3.8) is 0 Å². The lowest BCUT2D eigenvalue weighted by atomic mass is 9.89. The Morgan fingerprint density at radius 1 is 1.43 bits per heavy atom. The molecule has 0 aliphatic carbocycles. The van der Waals surface area contributed by atoms with Gasteiger partial charge in [0.1, 0.15) is 5.75 Å². The van der Waals surface area contributed by atoms with Gasteiger partial charge in [0.05, 0.1) is 5.02 Å². The summed E-state index contributed by atoms with van der Waals surface area (Å²) in [6.07, 6.45) is 1.07. The van der Waals surface area contributed by atoms with Crippen molar-refractivity contribution >= 4 is 17.5 Å². The molecule has 0 spiro atoms. The van der Waals surface area contributed by atoms with Crippen molar-refractivity contribution in [1.29, 1.82) is 0 Å². The Balaban J connectivity index is 2.34. The van der Waals surface area contributed by atoms with E-state index < -0.39 is 6.10 Å². The van der Waals surface area contributed by atoms with E-state index in [4.69, 9.17) is 21.4 Å². The molecule has 4 nitrogen and oxygen atoms in total.